The molecule has 0 amide bonds. The Bertz CT molecular complexity index is 689. The van der Waals surface area contributed by atoms with Crippen molar-refractivity contribution in [3.8, 4) is 5.75 Å². The molecule has 0 spiro atoms. The summed E-state index contributed by atoms with van der Waals surface area (Å²) in [4.78, 5) is 12.9. The zero-order chi connectivity index (χ0) is 17.5. The van der Waals surface area contributed by atoms with E-state index in [1.165, 1.54) is 0 Å². The zero-order valence-electron chi connectivity index (χ0n) is 14.1. The average Bonchev–Trinajstić information content (AvgIpc) is 2.66. The van der Waals surface area contributed by atoms with Crippen LogP contribution >= 0.6 is 0 Å². The summed E-state index contributed by atoms with van der Waals surface area (Å²) < 4.78 is 11.8. The van der Waals surface area contributed by atoms with Crippen molar-refractivity contribution in [2.75, 3.05) is 26.2 Å². The number of aliphatic carboxylic acids is 1. The lowest BCUT2D eigenvalue weighted by Gasteiger charge is -2.32. The number of rotatable bonds is 7. The first-order valence-corrected chi connectivity index (χ1v) is 8.53. The summed E-state index contributed by atoms with van der Waals surface area (Å²) in [5, 5.41) is 8.84. The van der Waals surface area contributed by atoms with E-state index in [4.69, 9.17) is 14.6 Å². The molecular weight excluding hydrogens is 318 g/mol. The Labute approximate surface area is 147 Å². The van der Waals surface area contributed by atoms with Crippen molar-refractivity contribution in [2.24, 2.45) is 0 Å². The molecule has 2 aromatic rings. The number of carboxylic acids is 1. The van der Waals surface area contributed by atoms with Crippen molar-refractivity contribution in [3.05, 3.63) is 65.7 Å². The van der Waals surface area contributed by atoms with Crippen molar-refractivity contribution in [3.63, 3.8) is 0 Å². The normalized spacial score (nSPS) is 18.0. The van der Waals surface area contributed by atoms with Crippen molar-refractivity contribution in [1.29, 1.82) is 0 Å². The van der Waals surface area contributed by atoms with Crippen LogP contribution in [0.4, 0.5) is 0 Å². The quantitative estimate of drug-likeness (QED) is 0.838. The SMILES string of the molecule is O=C(O)CCN1CCO[C@H](c2cccc(OCc3ccccc3)c2)C1. The molecule has 132 valence electrons. The van der Waals surface area contributed by atoms with Gasteiger partial charge in [0.2, 0.25) is 0 Å². The van der Waals surface area contributed by atoms with Gasteiger partial charge in [-0.05, 0) is 23.3 Å². The zero-order valence-corrected chi connectivity index (χ0v) is 14.1. The standard InChI is InChI=1S/C20H23NO4/c22-20(23)9-10-21-11-12-24-19(14-21)17-7-4-8-18(13-17)25-15-16-5-2-1-3-6-16/h1-8,13,19H,9-12,14-15H2,(H,22,23)/t19-/m0/s1. The second kappa shape index (κ2) is 8.65. The van der Waals surface area contributed by atoms with Crippen molar-refractivity contribution < 1.29 is 19.4 Å². The molecule has 3 rings (SSSR count). The number of carbonyl (C=O) groups is 1. The molecule has 1 atom stereocenters. The second-order valence-corrected chi connectivity index (χ2v) is 6.15. The third-order valence-electron chi connectivity index (χ3n) is 4.27. The van der Waals surface area contributed by atoms with Crippen LogP contribution in [0.1, 0.15) is 23.7 Å². The van der Waals surface area contributed by atoms with Crippen LogP contribution in [-0.4, -0.2) is 42.2 Å². The molecule has 25 heavy (non-hydrogen) atoms. The Balaban J connectivity index is 1.59. The Morgan fingerprint density at radius 3 is 2.84 bits per heavy atom. The number of morpholine rings is 1. The van der Waals surface area contributed by atoms with Crippen LogP contribution in [0.25, 0.3) is 0 Å². The first-order valence-electron chi connectivity index (χ1n) is 8.53. The molecule has 0 aliphatic carbocycles. The third kappa shape index (κ3) is 5.31. The number of hydrogen-bond donors (Lipinski definition) is 1. The van der Waals surface area contributed by atoms with Gasteiger partial charge in [-0.2, -0.15) is 0 Å². The van der Waals surface area contributed by atoms with Crippen molar-refractivity contribution >= 4 is 5.97 Å². The van der Waals surface area contributed by atoms with Gasteiger partial charge < -0.3 is 14.6 Å². The van der Waals surface area contributed by atoms with Gasteiger partial charge in [0.1, 0.15) is 12.4 Å². The lowest BCUT2D eigenvalue weighted by Crippen LogP contribution is -2.39. The topological polar surface area (TPSA) is 59.0 Å². The van der Waals surface area contributed by atoms with Crippen molar-refractivity contribution in [1.82, 2.24) is 4.90 Å². The van der Waals surface area contributed by atoms with Crippen LogP contribution in [-0.2, 0) is 16.1 Å². The maximum atomic E-state index is 10.8. The Morgan fingerprint density at radius 1 is 1.20 bits per heavy atom. The third-order valence-corrected chi connectivity index (χ3v) is 4.27. The number of benzene rings is 2. The predicted molar refractivity (Wildman–Crippen MR) is 94.6 cm³/mol. The van der Waals surface area contributed by atoms with Gasteiger partial charge in [-0.1, -0.05) is 42.5 Å². The summed E-state index contributed by atoms with van der Waals surface area (Å²) in [5.74, 6) is 0.0481. The van der Waals surface area contributed by atoms with E-state index in [0.29, 0.717) is 26.3 Å². The highest BCUT2D eigenvalue weighted by Crippen LogP contribution is 2.26. The fourth-order valence-corrected chi connectivity index (χ4v) is 2.91. The molecule has 5 heteroatoms. The fourth-order valence-electron chi connectivity index (χ4n) is 2.91. The van der Waals surface area contributed by atoms with E-state index in [2.05, 4.69) is 4.90 Å². The summed E-state index contributed by atoms with van der Waals surface area (Å²) in [5.41, 5.74) is 2.19. The summed E-state index contributed by atoms with van der Waals surface area (Å²) in [6.45, 7) is 3.17. The maximum Gasteiger partial charge on any atom is 0.304 e. The van der Waals surface area contributed by atoms with Gasteiger partial charge in [-0.3, -0.25) is 9.69 Å². The van der Waals surface area contributed by atoms with E-state index in [-0.39, 0.29) is 12.5 Å². The van der Waals surface area contributed by atoms with E-state index >= 15 is 0 Å². The van der Waals surface area contributed by atoms with Gasteiger partial charge in [-0.15, -0.1) is 0 Å². The number of carboxylic acid groups (broad SMARTS) is 1. The fraction of sp³-hybridized carbons (Fsp3) is 0.350. The Kier molecular flexibility index (Phi) is 6.04. The van der Waals surface area contributed by atoms with E-state index in [0.717, 1.165) is 23.4 Å². The lowest BCUT2D eigenvalue weighted by atomic mass is 10.1. The maximum absolute atomic E-state index is 10.8. The van der Waals surface area contributed by atoms with Crippen LogP contribution in [0, 0.1) is 0 Å². The molecule has 0 bridgehead atoms. The van der Waals surface area contributed by atoms with E-state index in [1.54, 1.807) is 0 Å². The van der Waals surface area contributed by atoms with E-state index in [1.807, 2.05) is 54.6 Å². The van der Waals surface area contributed by atoms with Gasteiger partial charge in [0.15, 0.2) is 0 Å². The van der Waals surface area contributed by atoms with Gasteiger partial charge >= 0.3 is 5.97 Å². The summed E-state index contributed by atoms with van der Waals surface area (Å²) in [7, 11) is 0. The van der Waals surface area contributed by atoms with Gasteiger partial charge in [0.25, 0.3) is 0 Å². The van der Waals surface area contributed by atoms with Gasteiger partial charge in [0, 0.05) is 19.6 Å². The summed E-state index contributed by atoms with van der Waals surface area (Å²) >= 11 is 0. The number of nitrogens with zero attached hydrogens (tertiary/aromatic N) is 1. The minimum Gasteiger partial charge on any atom is -0.489 e. The van der Waals surface area contributed by atoms with Crippen LogP contribution < -0.4 is 4.74 Å². The minimum atomic E-state index is -0.764. The Morgan fingerprint density at radius 2 is 2.04 bits per heavy atom. The van der Waals surface area contributed by atoms with Crippen LogP contribution in [0.15, 0.2) is 54.6 Å². The highest BCUT2D eigenvalue weighted by Gasteiger charge is 2.22. The smallest absolute Gasteiger partial charge is 0.304 e. The molecule has 1 N–H and O–H groups in total. The predicted octanol–water partition coefficient (Wildman–Crippen LogP) is 3.11. The molecule has 5 nitrogen and oxygen atoms in total. The minimum absolute atomic E-state index is 0.0529. The molecule has 0 unspecified atom stereocenters. The molecule has 1 heterocycles. The first kappa shape index (κ1) is 17.5. The number of hydrogen-bond acceptors (Lipinski definition) is 4. The molecule has 2 aromatic carbocycles. The molecule has 0 aromatic heterocycles. The van der Waals surface area contributed by atoms with Gasteiger partial charge in [0.05, 0.1) is 19.1 Å². The van der Waals surface area contributed by atoms with E-state index in [9.17, 15) is 4.79 Å². The van der Waals surface area contributed by atoms with Crippen LogP contribution in [0.5, 0.6) is 5.75 Å². The molecule has 0 radical (unpaired) electrons. The monoisotopic (exact) mass is 341 g/mol. The van der Waals surface area contributed by atoms with Crippen LogP contribution in [0.2, 0.25) is 0 Å². The number of ether oxygens (including phenoxy) is 2. The molecular formula is C20H23NO4. The van der Waals surface area contributed by atoms with E-state index < -0.39 is 5.97 Å². The molecule has 1 saturated heterocycles. The molecule has 1 aliphatic heterocycles. The average molecular weight is 341 g/mol. The largest absolute Gasteiger partial charge is 0.489 e. The summed E-state index contributed by atoms with van der Waals surface area (Å²) in [6.07, 6.45) is 0.107. The first-order chi connectivity index (χ1) is 12.2. The summed E-state index contributed by atoms with van der Waals surface area (Å²) in [6, 6.07) is 18.0. The van der Waals surface area contributed by atoms with Crippen molar-refractivity contribution in [2.45, 2.75) is 19.1 Å². The Hall–Kier alpha value is -2.37. The van der Waals surface area contributed by atoms with Crippen LogP contribution in [0.3, 0.4) is 0 Å². The lowest BCUT2D eigenvalue weighted by molar-refractivity contribution is -0.137. The van der Waals surface area contributed by atoms with Gasteiger partial charge in [-0.25, -0.2) is 0 Å². The molecule has 1 aliphatic rings. The second-order valence-electron chi connectivity index (χ2n) is 6.15. The highest BCUT2D eigenvalue weighted by atomic mass is 16.5. The highest BCUT2D eigenvalue weighted by molar-refractivity contribution is 5.66. The molecule has 0 saturated carbocycles. The molecule has 1 fully saturated rings.